The van der Waals surface area contributed by atoms with E-state index in [1.165, 1.54) is 0 Å². The number of aryl methyl sites for hydroxylation is 1. The largest absolute Gasteiger partial charge is 0.359 e. The fraction of sp³-hybridized carbons (Fsp3) is 0.556. The second-order valence-electron chi connectivity index (χ2n) is 3.44. The van der Waals surface area contributed by atoms with Crippen LogP contribution in [0.5, 0.6) is 0 Å². The Morgan fingerprint density at radius 3 is 3.00 bits per heavy atom. The van der Waals surface area contributed by atoms with Gasteiger partial charge in [0.15, 0.2) is 5.78 Å². The van der Waals surface area contributed by atoms with Crippen molar-refractivity contribution in [2.45, 2.75) is 19.9 Å². The van der Waals surface area contributed by atoms with E-state index in [9.17, 15) is 4.79 Å². The number of anilines is 1. The van der Waals surface area contributed by atoms with Crippen LogP contribution in [0.15, 0.2) is 6.20 Å². The second kappa shape index (κ2) is 2.87. The van der Waals surface area contributed by atoms with Gasteiger partial charge in [-0.3, -0.25) is 4.79 Å². The summed E-state index contributed by atoms with van der Waals surface area (Å²) in [5.41, 5.74) is 0.738. The van der Waals surface area contributed by atoms with Crippen molar-refractivity contribution in [1.29, 1.82) is 0 Å². The molecule has 2 heterocycles. The molecule has 2 rings (SSSR count). The first-order valence-electron chi connectivity index (χ1n) is 4.48. The number of ketones is 1. The van der Waals surface area contributed by atoms with Gasteiger partial charge in [-0.1, -0.05) is 0 Å². The summed E-state index contributed by atoms with van der Waals surface area (Å²) in [6, 6.07) is 0. The van der Waals surface area contributed by atoms with Crippen molar-refractivity contribution in [2.24, 2.45) is 0 Å². The molecule has 0 unspecified atom stereocenters. The van der Waals surface area contributed by atoms with Crippen LogP contribution in [0.1, 0.15) is 23.7 Å². The number of Topliss-reactive ketones (excluding diaryl/α,β-unsaturated/α-hetero) is 1. The average Bonchev–Trinajstić information content (AvgIpc) is 2.49. The van der Waals surface area contributed by atoms with Gasteiger partial charge in [0, 0.05) is 20.1 Å². The molecule has 13 heavy (non-hydrogen) atoms. The molecular weight excluding hydrogens is 166 g/mol. The third-order valence-electron chi connectivity index (χ3n) is 2.42. The zero-order valence-electron chi connectivity index (χ0n) is 7.95. The molecule has 0 saturated carbocycles. The van der Waals surface area contributed by atoms with Crippen LogP contribution < -0.4 is 4.90 Å². The van der Waals surface area contributed by atoms with Crippen LogP contribution in [0.25, 0.3) is 0 Å². The summed E-state index contributed by atoms with van der Waals surface area (Å²) in [5, 5.41) is 4.18. The van der Waals surface area contributed by atoms with Crippen molar-refractivity contribution in [3.63, 3.8) is 0 Å². The monoisotopic (exact) mass is 179 g/mol. The highest BCUT2D eigenvalue weighted by atomic mass is 16.1. The molecule has 0 saturated heterocycles. The molecule has 1 aliphatic heterocycles. The smallest absolute Gasteiger partial charge is 0.165 e. The summed E-state index contributed by atoms with van der Waals surface area (Å²) in [4.78, 5) is 13.3. The number of aromatic nitrogens is 2. The van der Waals surface area contributed by atoms with E-state index < -0.39 is 0 Å². The van der Waals surface area contributed by atoms with E-state index in [4.69, 9.17) is 0 Å². The SMILES string of the molecule is CC(=O)c1cnn2c1N(C)CCC2. The maximum atomic E-state index is 11.2. The first kappa shape index (κ1) is 8.29. The van der Waals surface area contributed by atoms with E-state index in [1.807, 2.05) is 11.7 Å². The van der Waals surface area contributed by atoms with Crippen molar-refractivity contribution >= 4 is 11.6 Å². The normalized spacial score (nSPS) is 15.7. The van der Waals surface area contributed by atoms with Crippen LogP contribution in [0.3, 0.4) is 0 Å². The van der Waals surface area contributed by atoms with Crippen molar-refractivity contribution in [3.05, 3.63) is 11.8 Å². The predicted molar refractivity (Wildman–Crippen MR) is 50.1 cm³/mol. The van der Waals surface area contributed by atoms with Gasteiger partial charge in [0.2, 0.25) is 0 Å². The Balaban J connectivity index is 2.50. The molecule has 4 heteroatoms. The first-order valence-corrected chi connectivity index (χ1v) is 4.48. The first-order chi connectivity index (χ1) is 6.20. The zero-order chi connectivity index (χ0) is 9.42. The fourth-order valence-electron chi connectivity index (χ4n) is 1.76. The fourth-order valence-corrected chi connectivity index (χ4v) is 1.76. The maximum Gasteiger partial charge on any atom is 0.165 e. The molecule has 0 aliphatic carbocycles. The Morgan fingerprint density at radius 2 is 2.31 bits per heavy atom. The lowest BCUT2D eigenvalue weighted by molar-refractivity contribution is 0.101. The third kappa shape index (κ3) is 1.22. The number of hydrogen-bond donors (Lipinski definition) is 0. The molecule has 0 fully saturated rings. The molecule has 0 aromatic carbocycles. The van der Waals surface area contributed by atoms with Gasteiger partial charge in [-0.15, -0.1) is 0 Å². The zero-order valence-corrected chi connectivity index (χ0v) is 7.95. The molecule has 0 radical (unpaired) electrons. The molecular formula is C9H13N3O. The minimum Gasteiger partial charge on any atom is -0.359 e. The van der Waals surface area contributed by atoms with Gasteiger partial charge >= 0.3 is 0 Å². The Labute approximate surface area is 77.1 Å². The van der Waals surface area contributed by atoms with Gasteiger partial charge in [-0.05, 0) is 13.3 Å². The lowest BCUT2D eigenvalue weighted by Gasteiger charge is -2.26. The second-order valence-corrected chi connectivity index (χ2v) is 3.44. The standard InChI is InChI=1S/C9H13N3O/c1-7(13)8-6-10-12-5-3-4-11(2)9(8)12/h6H,3-5H2,1-2H3. The maximum absolute atomic E-state index is 11.2. The third-order valence-corrected chi connectivity index (χ3v) is 2.42. The predicted octanol–water partition coefficient (Wildman–Crippen LogP) is 0.926. The van der Waals surface area contributed by atoms with Crippen LogP contribution in [0.2, 0.25) is 0 Å². The molecule has 1 aromatic heterocycles. The Kier molecular flexibility index (Phi) is 1.83. The molecule has 0 atom stereocenters. The lowest BCUT2D eigenvalue weighted by Crippen LogP contribution is -2.29. The number of carbonyl (C=O) groups is 1. The highest BCUT2D eigenvalue weighted by Gasteiger charge is 2.20. The van der Waals surface area contributed by atoms with Crippen LogP contribution in [0.4, 0.5) is 5.82 Å². The molecule has 0 spiro atoms. The molecule has 4 nitrogen and oxygen atoms in total. The summed E-state index contributed by atoms with van der Waals surface area (Å²) in [6.07, 6.45) is 2.77. The number of rotatable bonds is 1. The molecule has 1 aromatic rings. The summed E-state index contributed by atoms with van der Waals surface area (Å²) in [5.74, 6) is 1.06. The van der Waals surface area contributed by atoms with Gasteiger partial charge < -0.3 is 4.90 Å². The van der Waals surface area contributed by atoms with Crippen LogP contribution in [-0.2, 0) is 6.54 Å². The van der Waals surface area contributed by atoms with E-state index in [0.29, 0.717) is 0 Å². The van der Waals surface area contributed by atoms with E-state index in [-0.39, 0.29) is 5.78 Å². The van der Waals surface area contributed by atoms with Crippen LogP contribution >= 0.6 is 0 Å². The Morgan fingerprint density at radius 1 is 1.54 bits per heavy atom. The minimum atomic E-state index is 0.0926. The van der Waals surface area contributed by atoms with Crippen molar-refractivity contribution in [1.82, 2.24) is 9.78 Å². The van der Waals surface area contributed by atoms with E-state index in [2.05, 4.69) is 10.00 Å². The van der Waals surface area contributed by atoms with Gasteiger partial charge in [0.05, 0.1) is 11.8 Å². The van der Waals surface area contributed by atoms with Crippen molar-refractivity contribution < 1.29 is 4.79 Å². The minimum absolute atomic E-state index is 0.0926. The van der Waals surface area contributed by atoms with E-state index in [1.54, 1.807) is 13.1 Å². The molecule has 70 valence electrons. The van der Waals surface area contributed by atoms with Gasteiger partial charge in [0.1, 0.15) is 5.82 Å². The lowest BCUT2D eigenvalue weighted by atomic mass is 10.2. The average molecular weight is 179 g/mol. The van der Waals surface area contributed by atoms with E-state index >= 15 is 0 Å². The van der Waals surface area contributed by atoms with Crippen LogP contribution in [-0.4, -0.2) is 29.2 Å². The van der Waals surface area contributed by atoms with Gasteiger partial charge in [-0.2, -0.15) is 5.10 Å². The summed E-state index contributed by atoms with van der Waals surface area (Å²) < 4.78 is 1.90. The summed E-state index contributed by atoms with van der Waals surface area (Å²) >= 11 is 0. The number of hydrogen-bond acceptors (Lipinski definition) is 3. The number of fused-ring (bicyclic) bond motifs is 1. The molecule has 1 aliphatic rings. The Bertz CT molecular complexity index is 343. The van der Waals surface area contributed by atoms with Gasteiger partial charge in [-0.25, -0.2) is 4.68 Å². The van der Waals surface area contributed by atoms with Crippen molar-refractivity contribution in [3.8, 4) is 0 Å². The molecule has 0 amide bonds. The van der Waals surface area contributed by atoms with Crippen molar-refractivity contribution in [2.75, 3.05) is 18.5 Å². The summed E-state index contributed by atoms with van der Waals surface area (Å²) in [7, 11) is 2.00. The van der Waals surface area contributed by atoms with E-state index in [0.717, 1.165) is 30.9 Å². The van der Waals surface area contributed by atoms with Crippen LogP contribution in [0, 0.1) is 0 Å². The summed E-state index contributed by atoms with van der Waals surface area (Å²) in [6.45, 7) is 3.51. The number of nitrogens with zero attached hydrogens (tertiary/aromatic N) is 3. The molecule has 0 N–H and O–H groups in total. The number of carbonyl (C=O) groups excluding carboxylic acids is 1. The highest BCUT2D eigenvalue weighted by molar-refractivity contribution is 5.98. The molecule has 0 bridgehead atoms. The Hall–Kier alpha value is -1.32. The van der Waals surface area contributed by atoms with Gasteiger partial charge in [0.25, 0.3) is 0 Å². The quantitative estimate of drug-likeness (QED) is 0.602. The highest BCUT2D eigenvalue weighted by Crippen LogP contribution is 2.23. The topological polar surface area (TPSA) is 38.1 Å².